The lowest BCUT2D eigenvalue weighted by Gasteiger charge is -2.12. The number of alkyl halides is 6. The summed E-state index contributed by atoms with van der Waals surface area (Å²) in [4.78, 5) is 45.9. The lowest BCUT2D eigenvalue weighted by molar-refractivity contribution is -0.137. The van der Waals surface area contributed by atoms with Gasteiger partial charge in [0.1, 0.15) is 0 Å². The van der Waals surface area contributed by atoms with Gasteiger partial charge in [-0.2, -0.15) is 26.3 Å². The summed E-state index contributed by atoms with van der Waals surface area (Å²) in [7, 11) is 0. The van der Waals surface area contributed by atoms with E-state index in [1.165, 1.54) is 0 Å². The summed E-state index contributed by atoms with van der Waals surface area (Å²) in [6.45, 7) is 0. The van der Waals surface area contributed by atoms with E-state index < -0.39 is 67.5 Å². The minimum Gasteiger partial charge on any atom is -0.386 e. The Morgan fingerprint density at radius 2 is 0.708 bits per heavy atom. The second-order valence-electron chi connectivity index (χ2n) is 4.60. The van der Waals surface area contributed by atoms with Crippen molar-refractivity contribution < 1.29 is 35.2 Å². The Morgan fingerprint density at radius 3 is 0.875 bits per heavy atom. The molecule has 24 heavy (non-hydrogen) atoms. The minimum absolute atomic E-state index is 1.77. The Bertz CT molecular complexity index is 1030. The van der Waals surface area contributed by atoms with E-state index >= 15 is 0 Å². The van der Waals surface area contributed by atoms with Gasteiger partial charge in [-0.25, -0.2) is 19.2 Å². The summed E-state index contributed by atoms with van der Waals surface area (Å²) in [5.41, 5.74) is -12.4. The molecule has 0 radical (unpaired) electrons. The smallest absolute Gasteiger partial charge is 0.386 e. The van der Waals surface area contributed by atoms with Crippen molar-refractivity contribution in [1.29, 1.82) is 0 Å². The zero-order valence-electron chi connectivity index (χ0n) is 10.7. The van der Waals surface area contributed by atoms with Gasteiger partial charge in [0.05, 0.1) is 32.7 Å². The molecule has 0 spiro atoms. The minimum atomic E-state index is -5.54. The molecule has 6 nitrogen and oxygen atoms in total. The van der Waals surface area contributed by atoms with E-state index in [1.54, 1.807) is 0 Å². The molecule has 0 aliphatic rings. The predicted molar refractivity (Wildman–Crippen MR) is 63.4 cm³/mol. The van der Waals surface area contributed by atoms with Gasteiger partial charge in [-0.15, -0.1) is 0 Å². The number of halogens is 6. The van der Waals surface area contributed by atoms with Crippen molar-refractivity contribution in [3.05, 3.63) is 52.8 Å². The van der Waals surface area contributed by atoms with Crippen molar-refractivity contribution >= 4 is 21.5 Å². The van der Waals surface area contributed by atoms with Gasteiger partial charge in [0, 0.05) is 0 Å². The first-order chi connectivity index (χ1) is 10.9. The third kappa shape index (κ3) is 1.91. The molecule has 3 rings (SSSR count). The first-order valence-corrected chi connectivity index (χ1v) is 5.77. The predicted octanol–water partition coefficient (Wildman–Crippen LogP) is 1.53. The standard InChI is InChI=1S/C12F6O6/c13-11(14,15)5-1-2(8(20)23-7(1)19)6(12(16,17)18)4-3(5)9(21)24-10(4)22. The molecule has 0 aliphatic carbocycles. The summed E-state index contributed by atoms with van der Waals surface area (Å²) in [5, 5.41) is -7.09. The van der Waals surface area contributed by atoms with Crippen LogP contribution in [0, 0.1) is 0 Å². The van der Waals surface area contributed by atoms with Crippen molar-refractivity contribution in [3.63, 3.8) is 0 Å². The quantitative estimate of drug-likeness (QED) is 0.569. The van der Waals surface area contributed by atoms with E-state index in [-0.39, 0.29) is 0 Å². The van der Waals surface area contributed by atoms with Crippen molar-refractivity contribution in [1.82, 2.24) is 0 Å². The van der Waals surface area contributed by atoms with Crippen LogP contribution in [-0.4, -0.2) is 0 Å². The molecular formula is C12F6O6. The van der Waals surface area contributed by atoms with Crippen molar-refractivity contribution in [2.45, 2.75) is 12.4 Å². The second-order valence-corrected chi connectivity index (χ2v) is 4.60. The van der Waals surface area contributed by atoms with Gasteiger partial charge in [0.2, 0.25) is 0 Å². The van der Waals surface area contributed by atoms with Crippen LogP contribution in [0.2, 0.25) is 0 Å². The Kier molecular flexibility index (Phi) is 2.88. The maximum Gasteiger partial charge on any atom is 0.418 e. The van der Waals surface area contributed by atoms with Gasteiger partial charge < -0.3 is 8.83 Å². The molecule has 3 aromatic rings. The normalized spacial score (nSPS) is 13.2. The van der Waals surface area contributed by atoms with Gasteiger partial charge >= 0.3 is 34.9 Å². The summed E-state index contributed by atoms with van der Waals surface area (Å²) in [6, 6.07) is 0. The van der Waals surface area contributed by atoms with E-state index in [1.807, 2.05) is 0 Å². The molecule has 0 saturated carbocycles. The van der Waals surface area contributed by atoms with E-state index in [4.69, 9.17) is 0 Å². The van der Waals surface area contributed by atoms with Gasteiger partial charge in [-0.1, -0.05) is 0 Å². The monoisotopic (exact) mass is 354 g/mol. The van der Waals surface area contributed by atoms with Crippen LogP contribution in [0.5, 0.6) is 0 Å². The highest BCUT2D eigenvalue weighted by Crippen LogP contribution is 2.43. The van der Waals surface area contributed by atoms with Gasteiger partial charge in [0.25, 0.3) is 0 Å². The van der Waals surface area contributed by atoms with Crippen LogP contribution < -0.4 is 22.5 Å². The molecule has 1 aromatic carbocycles. The molecular weight excluding hydrogens is 354 g/mol. The van der Waals surface area contributed by atoms with Crippen LogP contribution in [0.15, 0.2) is 28.0 Å². The molecule has 12 heteroatoms. The zero-order valence-corrected chi connectivity index (χ0v) is 10.7. The van der Waals surface area contributed by atoms with Crippen LogP contribution in [0.4, 0.5) is 26.3 Å². The number of rotatable bonds is 0. The molecule has 126 valence electrons. The average molecular weight is 354 g/mol. The molecule has 0 bridgehead atoms. The molecule has 2 aromatic heterocycles. The lowest BCUT2D eigenvalue weighted by atomic mass is 9.96. The second kappa shape index (κ2) is 4.33. The van der Waals surface area contributed by atoms with Crippen LogP contribution in [0.1, 0.15) is 11.1 Å². The fourth-order valence-corrected chi connectivity index (χ4v) is 2.51. The Labute approximate surface area is 123 Å². The highest BCUT2D eigenvalue weighted by Gasteiger charge is 2.46. The van der Waals surface area contributed by atoms with E-state index in [0.29, 0.717) is 0 Å². The van der Waals surface area contributed by atoms with Gasteiger partial charge in [-0.05, 0) is 0 Å². The number of hydrogen-bond acceptors (Lipinski definition) is 6. The average Bonchev–Trinajstić information content (AvgIpc) is 2.84. The molecule has 0 fully saturated rings. The third-order valence-electron chi connectivity index (χ3n) is 3.25. The SMILES string of the molecule is O=c1oc(=O)c2c(C(F)(F)F)c3c(=O)oc(=O)c3c(C(F)(F)F)c12. The maximum atomic E-state index is 13.2. The summed E-state index contributed by atoms with van der Waals surface area (Å²) in [6.07, 6.45) is -11.1. The Hall–Kier alpha value is -2.92. The first-order valence-electron chi connectivity index (χ1n) is 5.77. The van der Waals surface area contributed by atoms with E-state index in [9.17, 15) is 45.5 Å². The van der Waals surface area contributed by atoms with Gasteiger partial charge in [0.15, 0.2) is 0 Å². The third-order valence-corrected chi connectivity index (χ3v) is 3.25. The maximum absolute atomic E-state index is 13.2. The Morgan fingerprint density at radius 1 is 0.500 bits per heavy atom. The molecule has 0 saturated heterocycles. The largest absolute Gasteiger partial charge is 0.418 e. The molecule has 2 heterocycles. The fraction of sp³-hybridized carbons (Fsp3) is 0.167. The summed E-state index contributed by atoms with van der Waals surface area (Å²) in [5.74, 6) is 0. The van der Waals surface area contributed by atoms with Crippen LogP contribution in [-0.2, 0) is 12.4 Å². The summed E-state index contributed by atoms with van der Waals surface area (Å²) >= 11 is 0. The van der Waals surface area contributed by atoms with Crippen LogP contribution in [0.3, 0.4) is 0 Å². The fourth-order valence-electron chi connectivity index (χ4n) is 2.51. The summed E-state index contributed by atoms with van der Waals surface area (Å²) < 4.78 is 86.9. The molecule has 0 aliphatic heterocycles. The van der Waals surface area contributed by atoms with E-state index in [0.717, 1.165) is 0 Å². The molecule has 0 amide bonds. The van der Waals surface area contributed by atoms with Gasteiger partial charge in [-0.3, -0.25) is 0 Å². The highest BCUT2D eigenvalue weighted by molar-refractivity contribution is 6.05. The number of benzene rings is 1. The van der Waals surface area contributed by atoms with Crippen molar-refractivity contribution in [2.75, 3.05) is 0 Å². The highest BCUT2D eigenvalue weighted by atomic mass is 19.4. The number of fused-ring (bicyclic) bond motifs is 2. The number of hydrogen-bond donors (Lipinski definition) is 0. The number of furan rings is 2. The zero-order chi connectivity index (χ0) is 18.2. The van der Waals surface area contributed by atoms with Crippen molar-refractivity contribution in [2.24, 2.45) is 0 Å². The molecule has 0 unspecified atom stereocenters. The van der Waals surface area contributed by atoms with Crippen LogP contribution >= 0.6 is 0 Å². The topological polar surface area (TPSA) is 94.6 Å². The molecule has 0 atom stereocenters. The van der Waals surface area contributed by atoms with E-state index in [2.05, 4.69) is 8.83 Å². The Balaban J connectivity index is 2.93. The lowest BCUT2D eigenvalue weighted by Crippen LogP contribution is -2.18. The molecule has 0 N–H and O–H groups in total. The first kappa shape index (κ1) is 16.0. The van der Waals surface area contributed by atoms with Crippen LogP contribution in [0.25, 0.3) is 21.5 Å². The van der Waals surface area contributed by atoms with Crippen molar-refractivity contribution in [3.8, 4) is 0 Å².